The van der Waals surface area contributed by atoms with Gasteiger partial charge in [-0.3, -0.25) is 0 Å². The van der Waals surface area contributed by atoms with Crippen molar-refractivity contribution in [2.24, 2.45) is 23.7 Å². The molecule has 3 heteroatoms. The molecule has 6 atom stereocenters. The second-order valence-corrected chi connectivity index (χ2v) is 5.89. The van der Waals surface area contributed by atoms with E-state index >= 15 is 0 Å². The Balaban J connectivity index is 1.41. The van der Waals surface area contributed by atoms with Gasteiger partial charge in [-0.25, -0.2) is 0 Å². The summed E-state index contributed by atoms with van der Waals surface area (Å²) in [5, 5.41) is 13.3. The summed E-state index contributed by atoms with van der Waals surface area (Å²) in [7, 11) is 0. The van der Waals surface area contributed by atoms with Gasteiger partial charge in [0.15, 0.2) is 0 Å². The molecule has 4 fully saturated rings. The van der Waals surface area contributed by atoms with Crippen LogP contribution in [-0.4, -0.2) is 36.5 Å². The van der Waals surface area contributed by atoms with Gasteiger partial charge in [-0.2, -0.15) is 0 Å². The van der Waals surface area contributed by atoms with E-state index in [1.54, 1.807) is 0 Å². The molecule has 2 N–H and O–H groups in total. The highest BCUT2D eigenvalue weighted by Gasteiger charge is 2.65. The van der Waals surface area contributed by atoms with E-state index in [-0.39, 0.29) is 12.1 Å². The number of hydrogen-bond donors (Lipinski definition) is 2. The first-order valence-corrected chi connectivity index (χ1v) is 6.36. The number of aliphatic hydroxyl groups excluding tert-OH is 1. The fourth-order valence-corrected chi connectivity index (χ4v) is 4.50. The average molecular weight is 209 g/mol. The molecular weight excluding hydrogens is 190 g/mol. The zero-order chi connectivity index (χ0) is 9.99. The van der Waals surface area contributed by atoms with Crippen LogP contribution in [0.2, 0.25) is 0 Å². The minimum absolute atomic E-state index is 0.208. The van der Waals surface area contributed by atoms with Crippen LogP contribution >= 0.6 is 0 Å². The van der Waals surface area contributed by atoms with Gasteiger partial charge in [0.25, 0.3) is 0 Å². The molecule has 0 aromatic carbocycles. The molecule has 0 spiro atoms. The summed E-state index contributed by atoms with van der Waals surface area (Å²) in [6.07, 6.45) is 4.16. The van der Waals surface area contributed by atoms with Crippen molar-refractivity contribution in [2.45, 2.75) is 37.5 Å². The van der Waals surface area contributed by atoms with Crippen LogP contribution < -0.4 is 5.32 Å². The van der Waals surface area contributed by atoms with Crippen molar-refractivity contribution < 1.29 is 9.84 Å². The first-order valence-electron chi connectivity index (χ1n) is 6.36. The molecule has 0 amide bonds. The van der Waals surface area contributed by atoms with E-state index in [0.717, 1.165) is 29.7 Å². The number of aliphatic hydroxyl groups is 1. The first kappa shape index (κ1) is 8.97. The van der Waals surface area contributed by atoms with Gasteiger partial charge in [-0.15, -0.1) is 0 Å². The van der Waals surface area contributed by atoms with Crippen molar-refractivity contribution in [2.75, 3.05) is 13.2 Å². The summed E-state index contributed by atoms with van der Waals surface area (Å²) < 4.78 is 5.28. The Hall–Kier alpha value is -0.120. The van der Waals surface area contributed by atoms with Crippen LogP contribution in [0.4, 0.5) is 0 Å². The zero-order valence-electron chi connectivity index (χ0n) is 8.93. The Labute approximate surface area is 90.2 Å². The number of fused-ring (bicyclic) bond motifs is 5. The fourth-order valence-electron chi connectivity index (χ4n) is 4.50. The highest BCUT2D eigenvalue weighted by atomic mass is 16.5. The Morgan fingerprint density at radius 2 is 1.80 bits per heavy atom. The summed E-state index contributed by atoms with van der Waals surface area (Å²) >= 11 is 0. The largest absolute Gasteiger partial charge is 0.389 e. The maximum atomic E-state index is 9.69. The molecule has 3 aliphatic carbocycles. The van der Waals surface area contributed by atoms with Gasteiger partial charge in [0, 0.05) is 6.04 Å². The molecule has 2 bridgehead atoms. The predicted octanol–water partition coefficient (Wildman–Crippen LogP) is 0.380. The van der Waals surface area contributed by atoms with Gasteiger partial charge in [0.2, 0.25) is 0 Å². The van der Waals surface area contributed by atoms with Crippen LogP contribution in [0.3, 0.4) is 0 Å². The van der Waals surface area contributed by atoms with Gasteiger partial charge < -0.3 is 15.2 Å². The highest BCUT2D eigenvalue weighted by Crippen LogP contribution is 2.65. The lowest BCUT2D eigenvalue weighted by Gasteiger charge is -2.17. The van der Waals surface area contributed by atoms with Crippen molar-refractivity contribution in [3.63, 3.8) is 0 Å². The van der Waals surface area contributed by atoms with Gasteiger partial charge in [0.05, 0.1) is 25.4 Å². The third-order valence-electron chi connectivity index (χ3n) is 5.19. The maximum absolute atomic E-state index is 9.69. The van der Waals surface area contributed by atoms with E-state index in [4.69, 9.17) is 4.74 Å². The Bertz CT molecular complexity index is 267. The zero-order valence-corrected chi connectivity index (χ0v) is 8.93. The molecule has 1 aliphatic heterocycles. The summed E-state index contributed by atoms with van der Waals surface area (Å²) in [6, 6.07) is 0.928. The van der Waals surface area contributed by atoms with Crippen LogP contribution in [-0.2, 0) is 4.74 Å². The molecule has 84 valence electrons. The van der Waals surface area contributed by atoms with Crippen molar-refractivity contribution >= 4 is 0 Å². The molecule has 6 unspecified atom stereocenters. The molecule has 0 radical (unpaired) electrons. The van der Waals surface area contributed by atoms with Crippen molar-refractivity contribution in [1.82, 2.24) is 5.32 Å². The summed E-state index contributed by atoms with van der Waals surface area (Å²) in [5.74, 6) is 3.93. The maximum Gasteiger partial charge on any atom is 0.0948 e. The minimum Gasteiger partial charge on any atom is -0.389 e. The molecular formula is C12H19NO2. The van der Waals surface area contributed by atoms with Crippen LogP contribution in [0.25, 0.3) is 0 Å². The number of rotatable bonds is 2. The molecule has 3 saturated carbocycles. The average Bonchev–Trinajstić information content (AvgIpc) is 2.62. The lowest BCUT2D eigenvalue weighted by Crippen LogP contribution is -2.42. The van der Waals surface area contributed by atoms with E-state index in [2.05, 4.69) is 5.32 Å². The SMILES string of the molecule is OC1COCC1NC1C2C3CCC(C3)C12. The molecule has 0 aromatic rings. The normalized spacial score (nSPS) is 61.0. The second-order valence-electron chi connectivity index (χ2n) is 5.89. The van der Waals surface area contributed by atoms with Crippen LogP contribution in [0.5, 0.6) is 0 Å². The Morgan fingerprint density at radius 3 is 2.40 bits per heavy atom. The number of hydrogen-bond acceptors (Lipinski definition) is 3. The molecule has 1 heterocycles. The molecule has 15 heavy (non-hydrogen) atoms. The van der Waals surface area contributed by atoms with Gasteiger partial charge in [0.1, 0.15) is 0 Å². The fraction of sp³-hybridized carbons (Fsp3) is 1.00. The first-order chi connectivity index (χ1) is 7.34. The van der Waals surface area contributed by atoms with Crippen molar-refractivity contribution in [3.05, 3.63) is 0 Å². The van der Waals surface area contributed by atoms with Crippen LogP contribution in [0, 0.1) is 23.7 Å². The highest BCUT2D eigenvalue weighted by molar-refractivity contribution is 5.17. The molecule has 3 nitrogen and oxygen atoms in total. The van der Waals surface area contributed by atoms with E-state index in [0.29, 0.717) is 13.2 Å². The summed E-state index contributed by atoms with van der Waals surface area (Å²) in [5.41, 5.74) is 0. The molecule has 4 rings (SSSR count). The number of ether oxygens (including phenoxy) is 1. The van der Waals surface area contributed by atoms with Gasteiger partial charge in [-0.1, -0.05) is 0 Å². The smallest absolute Gasteiger partial charge is 0.0948 e. The Kier molecular flexibility index (Phi) is 1.77. The quantitative estimate of drug-likeness (QED) is 0.691. The third-order valence-corrected chi connectivity index (χ3v) is 5.19. The third kappa shape index (κ3) is 1.17. The van der Waals surface area contributed by atoms with Crippen LogP contribution in [0.1, 0.15) is 19.3 Å². The van der Waals surface area contributed by atoms with E-state index < -0.39 is 0 Å². The van der Waals surface area contributed by atoms with E-state index in [1.807, 2.05) is 0 Å². The standard InChI is InChI=1S/C12H19NO2/c14-9-5-15-4-8(9)13-12-10-6-1-2-7(3-6)11(10)12/h6-14H,1-5H2. The molecule has 1 saturated heterocycles. The van der Waals surface area contributed by atoms with Gasteiger partial charge >= 0.3 is 0 Å². The molecule has 0 aromatic heterocycles. The van der Waals surface area contributed by atoms with Crippen molar-refractivity contribution in [1.29, 1.82) is 0 Å². The van der Waals surface area contributed by atoms with Crippen LogP contribution in [0.15, 0.2) is 0 Å². The van der Waals surface area contributed by atoms with Gasteiger partial charge in [-0.05, 0) is 42.9 Å². The second kappa shape index (κ2) is 2.96. The minimum atomic E-state index is -0.274. The lowest BCUT2D eigenvalue weighted by atomic mass is 10.0. The van der Waals surface area contributed by atoms with E-state index in [9.17, 15) is 5.11 Å². The summed E-state index contributed by atoms with van der Waals surface area (Å²) in [4.78, 5) is 0. The molecule has 4 aliphatic rings. The number of nitrogens with one attached hydrogen (secondary N) is 1. The topological polar surface area (TPSA) is 41.5 Å². The monoisotopic (exact) mass is 209 g/mol. The van der Waals surface area contributed by atoms with Crippen molar-refractivity contribution in [3.8, 4) is 0 Å². The lowest BCUT2D eigenvalue weighted by molar-refractivity contribution is 0.121. The Morgan fingerprint density at radius 1 is 1.07 bits per heavy atom. The predicted molar refractivity (Wildman–Crippen MR) is 55.3 cm³/mol. The summed E-state index contributed by atoms with van der Waals surface area (Å²) in [6.45, 7) is 1.22. The van der Waals surface area contributed by atoms with E-state index in [1.165, 1.54) is 19.3 Å².